The minimum Gasteiger partial charge on any atom is -0.416 e. The molecule has 290 valence electrons. The fourth-order valence-electron chi connectivity index (χ4n) is 8.22. The number of amides is 2. The number of fused-ring (bicyclic) bond motifs is 1. The van der Waals surface area contributed by atoms with Crippen LogP contribution in [0.4, 0.5) is 0 Å². The maximum absolute atomic E-state index is 14.9. The number of amidine groups is 1. The lowest BCUT2D eigenvalue weighted by Gasteiger charge is -2.42. The summed E-state index contributed by atoms with van der Waals surface area (Å²) in [7, 11) is -1.83. The van der Waals surface area contributed by atoms with Crippen molar-refractivity contribution in [1.29, 1.82) is 5.26 Å². The van der Waals surface area contributed by atoms with E-state index in [0.717, 1.165) is 41.5 Å². The molecular formula is C42H57ClN6O3SSi. The Bertz CT molecular complexity index is 1850. The van der Waals surface area contributed by atoms with Crippen molar-refractivity contribution in [2.75, 3.05) is 32.8 Å². The lowest BCUT2D eigenvalue weighted by Crippen LogP contribution is -2.58. The number of benzene rings is 2. The van der Waals surface area contributed by atoms with Crippen LogP contribution in [0.25, 0.3) is 0 Å². The van der Waals surface area contributed by atoms with Gasteiger partial charge < -0.3 is 19.1 Å². The Hall–Kier alpha value is -3.14. The lowest BCUT2D eigenvalue weighted by molar-refractivity contribution is -0.145. The maximum Gasteiger partial charge on any atom is 0.263 e. The van der Waals surface area contributed by atoms with Crippen LogP contribution in [0.2, 0.25) is 23.2 Å². The summed E-state index contributed by atoms with van der Waals surface area (Å²) in [6, 6.07) is 17.1. The zero-order chi connectivity index (χ0) is 39.3. The number of allylic oxidation sites excluding steroid dienone is 1. The molecule has 54 heavy (non-hydrogen) atoms. The predicted octanol–water partition coefficient (Wildman–Crippen LogP) is 8.39. The first kappa shape index (κ1) is 40.5. The second kappa shape index (κ2) is 15.4. The Balaban J connectivity index is 1.24. The Morgan fingerprint density at radius 2 is 1.72 bits per heavy atom. The van der Waals surface area contributed by atoms with Gasteiger partial charge >= 0.3 is 0 Å². The Morgan fingerprint density at radius 1 is 1.06 bits per heavy atom. The molecule has 0 N–H and O–H groups in total. The van der Waals surface area contributed by atoms with Gasteiger partial charge in [0.05, 0.1) is 17.7 Å². The lowest BCUT2D eigenvalue weighted by atomic mass is 9.81. The molecule has 0 unspecified atom stereocenters. The fraction of sp³-hybridized carbons (Fsp3) is 0.571. The first-order valence-corrected chi connectivity index (χ1v) is 23.5. The van der Waals surface area contributed by atoms with E-state index in [-0.39, 0.29) is 40.9 Å². The number of piperazine rings is 1. The van der Waals surface area contributed by atoms with Crippen LogP contribution in [0, 0.1) is 17.2 Å². The number of hydrogen-bond donors (Lipinski definition) is 0. The monoisotopic (exact) mass is 788 g/mol. The molecule has 4 aliphatic heterocycles. The van der Waals surface area contributed by atoms with E-state index in [1.807, 2.05) is 58.3 Å². The number of carbonyl (C=O) groups is 2. The van der Waals surface area contributed by atoms with Gasteiger partial charge in [0.15, 0.2) is 13.5 Å². The summed E-state index contributed by atoms with van der Waals surface area (Å²) >= 11 is 7.79. The Labute approximate surface area is 332 Å². The van der Waals surface area contributed by atoms with E-state index in [0.29, 0.717) is 41.6 Å². The predicted molar refractivity (Wildman–Crippen MR) is 222 cm³/mol. The van der Waals surface area contributed by atoms with Crippen molar-refractivity contribution in [1.82, 2.24) is 19.6 Å². The van der Waals surface area contributed by atoms with Gasteiger partial charge in [0, 0.05) is 55.6 Å². The molecule has 0 saturated carbocycles. The number of likely N-dealkylation sites (tertiary alicyclic amines) is 1. The van der Waals surface area contributed by atoms with Crippen LogP contribution in [0.5, 0.6) is 0 Å². The van der Waals surface area contributed by atoms with Gasteiger partial charge in [0.25, 0.3) is 5.91 Å². The van der Waals surface area contributed by atoms with Crippen molar-refractivity contribution in [3.05, 3.63) is 80.8 Å². The molecule has 0 radical (unpaired) electrons. The highest BCUT2D eigenvalue weighted by molar-refractivity contribution is 8.18. The molecule has 0 aromatic heterocycles. The number of thioether (sulfide) groups is 1. The standard InChI is InChI=1S/C42H57ClN6O3SSi/c1-27(2)35-36(53-40-45-42(8,32-16-12-30(25-44)13-17-32)37(49(35)40)31-14-18-33(43)19-15-31)39(51)48-28(3)11-20-34(48)38(50)47-22-21-46(29(4)26-47)23-24-52-54(9,10)41(5,6)7/h12-19,27-29,34,37H,11,20-24,26H2,1-10H3/t28-,29-,34+,37-,42+/m1/s1. The molecule has 0 spiro atoms. The van der Waals surface area contributed by atoms with Gasteiger partial charge in [0.1, 0.15) is 16.5 Å². The topological polar surface area (TPSA) is 92.5 Å². The van der Waals surface area contributed by atoms with Gasteiger partial charge in [-0.25, -0.2) is 4.99 Å². The smallest absolute Gasteiger partial charge is 0.263 e. The van der Waals surface area contributed by atoms with Crippen LogP contribution in [0.15, 0.2) is 64.1 Å². The van der Waals surface area contributed by atoms with E-state index in [4.69, 9.17) is 21.0 Å². The molecule has 2 aromatic carbocycles. The van der Waals surface area contributed by atoms with Crippen molar-refractivity contribution in [2.24, 2.45) is 10.9 Å². The number of halogens is 1. The summed E-state index contributed by atoms with van der Waals surface area (Å²) in [5.74, 6) is -0.0332. The molecule has 0 bridgehead atoms. The molecule has 6 rings (SSSR count). The molecule has 9 nitrogen and oxygen atoms in total. The van der Waals surface area contributed by atoms with Gasteiger partial charge in [0.2, 0.25) is 5.91 Å². The van der Waals surface area contributed by atoms with Gasteiger partial charge in [-0.2, -0.15) is 5.26 Å². The molecule has 4 aliphatic rings. The van der Waals surface area contributed by atoms with Crippen molar-refractivity contribution in [3.8, 4) is 6.07 Å². The number of carbonyl (C=O) groups excluding carboxylic acids is 2. The van der Waals surface area contributed by atoms with E-state index >= 15 is 0 Å². The zero-order valence-corrected chi connectivity index (χ0v) is 36.2. The third kappa shape index (κ3) is 7.54. The van der Waals surface area contributed by atoms with Crippen molar-refractivity contribution < 1.29 is 14.0 Å². The third-order valence-corrected chi connectivity index (χ3v) is 18.3. The van der Waals surface area contributed by atoms with Gasteiger partial charge in [-0.1, -0.05) is 70.5 Å². The van der Waals surface area contributed by atoms with E-state index in [2.05, 4.69) is 84.4 Å². The zero-order valence-electron chi connectivity index (χ0n) is 33.6. The van der Waals surface area contributed by atoms with Crippen LogP contribution in [-0.2, 0) is 19.6 Å². The van der Waals surface area contributed by atoms with Gasteiger partial charge in [-0.15, -0.1) is 0 Å². The third-order valence-electron chi connectivity index (χ3n) is 12.4. The Kier molecular flexibility index (Phi) is 11.6. The highest BCUT2D eigenvalue weighted by atomic mass is 35.5. The molecule has 0 aliphatic carbocycles. The van der Waals surface area contributed by atoms with Crippen LogP contribution in [0.3, 0.4) is 0 Å². The van der Waals surface area contributed by atoms with Crippen LogP contribution in [0.1, 0.15) is 91.0 Å². The van der Waals surface area contributed by atoms with Gasteiger partial charge in [-0.05, 0) is 105 Å². The summed E-state index contributed by atoms with van der Waals surface area (Å²) in [5.41, 5.74) is 2.83. The number of aliphatic imine (C=N–C) groups is 1. The van der Waals surface area contributed by atoms with Crippen molar-refractivity contribution in [2.45, 2.75) is 116 Å². The molecule has 2 aromatic rings. The fourth-order valence-corrected chi connectivity index (χ4v) is 10.7. The van der Waals surface area contributed by atoms with E-state index in [1.165, 1.54) is 11.8 Å². The van der Waals surface area contributed by atoms with E-state index < -0.39 is 19.9 Å². The average molecular weight is 790 g/mol. The normalized spacial score (nSPS) is 26.4. The summed E-state index contributed by atoms with van der Waals surface area (Å²) in [5, 5.41) is 11.1. The largest absolute Gasteiger partial charge is 0.416 e. The molecule has 12 heteroatoms. The first-order chi connectivity index (χ1) is 25.4. The molecule has 2 fully saturated rings. The molecule has 5 atom stereocenters. The second-order valence-corrected chi connectivity index (χ2v) is 23.7. The number of hydrogen-bond acceptors (Lipinski definition) is 8. The summed E-state index contributed by atoms with van der Waals surface area (Å²) in [4.78, 5) is 43.8. The molecule has 2 amide bonds. The Morgan fingerprint density at radius 3 is 2.31 bits per heavy atom. The van der Waals surface area contributed by atoms with E-state index in [1.54, 1.807) is 0 Å². The van der Waals surface area contributed by atoms with Crippen LogP contribution in [-0.4, -0.2) is 95.8 Å². The summed E-state index contributed by atoms with van der Waals surface area (Å²) < 4.78 is 6.47. The number of nitriles is 1. The van der Waals surface area contributed by atoms with Crippen LogP contribution < -0.4 is 0 Å². The van der Waals surface area contributed by atoms with Crippen LogP contribution >= 0.6 is 23.4 Å². The first-order valence-electron chi connectivity index (χ1n) is 19.4. The minimum atomic E-state index is -1.83. The highest BCUT2D eigenvalue weighted by Crippen LogP contribution is 2.56. The summed E-state index contributed by atoms with van der Waals surface area (Å²) in [6.07, 6.45) is 1.44. The van der Waals surface area contributed by atoms with Gasteiger partial charge in [-0.3, -0.25) is 14.5 Å². The minimum absolute atomic E-state index is 0.00359. The number of rotatable bonds is 9. The molecule has 2 saturated heterocycles. The number of nitrogens with zero attached hydrogens (tertiary/aromatic N) is 6. The van der Waals surface area contributed by atoms with E-state index in [9.17, 15) is 14.9 Å². The quantitative estimate of drug-likeness (QED) is 0.236. The average Bonchev–Trinajstić information content (AvgIpc) is 3.77. The van der Waals surface area contributed by atoms with Crippen molar-refractivity contribution in [3.63, 3.8) is 0 Å². The second-order valence-electron chi connectivity index (χ2n) is 17.5. The highest BCUT2D eigenvalue weighted by Gasteiger charge is 2.54. The van der Waals surface area contributed by atoms with Crippen molar-refractivity contribution >= 4 is 48.7 Å². The summed E-state index contributed by atoms with van der Waals surface area (Å²) in [6.45, 7) is 25.6. The molecular weight excluding hydrogens is 732 g/mol. The SMILES string of the molecule is CC(C)C1=C(C(=O)N2[C@H](C)CC[C@H]2C(=O)N2CCN(CCO[Si](C)(C)C(C)(C)C)[C@H](C)C2)SC2=N[C@@](C)(c3ccc(C#N)cc3)[C@@H](c3ccc(Cl)cc3)N21. The molecule has 4 heterocycles. The maximum atomic E-state index is 14.9.